The van der Waals surface area contributed by atoms with E-state index in [1.165, 1.54) is 71.3 Å². The number of benzene rings is 13. The Hall–Kier alpha value is -10.2. The minimum Gasteiger partial charge on any atom is -0.311 e. The smallest absolute Gasteiger partial charge is 0.252 e. The molecule has 0 saturated heterocycles. The fraction of sp³-hybridized carbons (Fsp3) is 0. The summed E-state index contributed by atoms with van der Waals surface area (Å²) in [5, 5.41) is 4.71. The van der Waals surface area contributed by atoms with Crippen LogP contribution in [-0.4, -0.2) is 6.71 Å². The third-order valence-corrected chi connectivity index (χ3v) is 16.0. The van der Waals surface area contributed by atoms with Crippen LogP contribution < -0.4 is 31.1 Å². The molecule has 78 heavy (non-hydrogen) atoms. The lowest BCUT2D eigenvalue weighted by Gasteiger charge is -2.45. The summed E-state index contributed by atoms with van der Waals surface area (Å²) in [7, 11) is 0. The molecule has 4 heteroatoms. The number of rotatable bonds is 9. The zero-order valence-electron chi connectivity index (χ0n) is 42.8. The number of anilines is 9. The molecule has 0 fully saturated rings. The molecule has 2 aliphatic heterocycles. The van der Waals surface area contributed by atoms with Crippen LogP contribution in [0.5, 0.6) is 0 Å². The second-order valence-electron chi connectivity index (χ2n) is 20.4. The van der Waals surface area contributed by atoms with E-state index >= 15 is 0 Å². The van der Waals surface area contributed by atoms with Gasteiger partial charge in [-0.3, -0.25) is 0 Å². The molecule has 13 aromatic carbocycles. The zero-order valence-corrected chi connectivity index (χ0v) is 42.8. The molecule has 0 aliphatic carbocycles. The largest absolute Gasteiger partial charge is 0.311 e. The first-order valence-electron chi connectivity index (χ1n) is 26.9. The van der Waals surface area contributed by atoms with Crippen molar-refractivity contribution in [3.63, 3.8) is 0 Å². The minimum atomic E-state index is -0.116. The first kappa shape index (κ1) is 45.3. The van der Waals surface area contributed by atoms with Crippen LogP contribution in [0.1, 0.15) is 0 Å². The molecule has 15 rings (SSSR count). The Morgan fingerprint density at radius 3 is 1.03 bits per heavy atom. The highest BCUT2D eigenvalue weighted by Crippen LogP contribution is 2.51. The molecular weight excluding hydrogens is 942 g/mol. The van der Waals surface area contributed by atoms with Crippen LogP contribution in [0, 0.1) is 0 Å². The van der Waals surface area contributed by atoms with Crippen molar-refractivity contribution in [3.05, 3.63) is 303 Å². The van der Waals surface area contributed by atoms with Crippen LogP contribution in [-0.2, 0) is 0 Å². The fourth-order valence-corrected chi connectivity index (χ4v) is 12.4. The molecule has 13 aromatic rings. The van der Waals surface area contributed by atoms with Gasteiger partial charge in [0.1, 0.15) is 0 Å². The zero-order chi connectivity index (χ0) is 51.5. The lowest BCUT2D eigenvalue weighted by Crippen LogP contribution is -2.61. The topological polar surface area (TPSA) is 9.72 Å². The van der Waals surface area contributed by atoms with Crippen molar-refractivity contribution in [2.45, 2.75) is 0 Å². The van der Waals surface area contributed by atoms with Crippen LogP contribution in [0.25, 0.3) is 66.1 Å². The van der Waals surface area contributed by atoms with Gasteiger partial charge in [0.2, 0.25) is 0 Å². The lowest BCUT2D eigenvalue weighted by molar-refractivity contribution is 1.23. The van der Waals surface area contributed by atoms with E-state index in [0.29, 0.717) is 0 Å². The van der Waals surface area contributed by atoms with Crippen molar-refractivity contribution < 1.29 is 0 Å². The van der Waals surface area contributed by atoms with Crippen molar-refractivity contribution in [1.82, 2.24) is 0 Å². The average Bonchev–Trinajstić information content (AvgIpc) is 2.68. The van der Waals surface area contributed by atoms with E-state index in [2.05, 4.69) is 318 Å². The van der Waals surface area contributed by atoms with E-state index in [0.717, 1.165) is 62.3 Å². The van der Waals surface area contributed by atoms with E-state index in [1.54, 1.807) is 0 Å². The number of fused-ring (bicyclic) bond motifs is 6. The molecule has 2 aliphatic rings. The maximum atomic E-state index is 2.57. The molecule has 0 atom stereocenters. The summed E-state index contributed by atoms with van der Waals surface area (Å²) in [6.07, 6.45) is 0. The summed E-state index contributed by atoms with van der Waals surface area (Å²) in [5.41, 5.74) is 23.1. The minimum absolute atomic E-state index is 0.116. The third-order valence-electron chi connectivity index (χ3n) is 16.0. The molecule has 364 valence electrons. The van der Waals surface area contributed by atoms with E-state index in [9.17, 15) is 0 Å². The van der Waals surface area contributed by atoms with Crippen LogP contribution >= 0.6 is 0 Å². The van der Waals surface area contributed by atoms with Crippen molar-refractivity contribution >= 4 is 95.8 Å². The normalized spacial score (nSPS) is 12.3. The van der Waals surface area contributed by atoms with Crippen molar-refractivity contribution in [1.29, 1.82) is 0 Å². The van der Waals surface area contributed by atoms with Gasteiger partial charge in [-0.25, -0.2) is 0 Å². The number of nitrogens with zero attached hydrogens (tertiary/aromatic N) is 3. The standard InChI is InChI=1S/C74H50BN3/c1-5-21-51(22-6-1)57-33-17-35-61(45-57)76-70-47-59(53-25-9-3-10-26-53)41-43-66(70)75-67-44-42-60(54-27-11-4-12-28-54)48-71(67)77(62-36-18-34-58(46-62)52-23-7-2-8-24-52)73-50-63(49-72(76)74(73)75)78(68-39-19-31-55-29-13-15-37-64(55)68)69-40-20-32-56-30-14-16-38-65(56)69/h1-50H. The quantitative estimate of drug-likeness (QED) is 0.133. The molecule has 2 heterocycles. The SMILES string of the molecule is c1ccc(-c2cccc(N3c4cc(-c5ccccc5)ccc4B4c5ccc(-c6ccccc6)cc5N(c5cccc(-c6ccccc6)c5)c5cc(N(c6cccc7ccccc67)c6cccc7ccccc67)cc3c54)c2)cc1. The monoisotopic (exact) mass is 991 g/mol. The Kier molecular flexibility index (Phi) is 11.0. The van der Waals surface area contributed by atoms with Gasteiger partial charge in [0.15, 0.2) is 0 Å². The predicted octanol–water partition coefficient (Wildman–Crippen LogP) is 18.2. The molecule has 0 spiro atoms. The van der Waals surface area contributed by atoms with E-state index in [-0.39, 0.29) is 6.71 Å². The van der Waals surface area contributed by atoms with Gasteiger partial charge in [-0.2, -0.15) is 0 Å². The molecule has 0 aromatic heterocycles. The predicted molar refractivity (Wildman–Crippen MR) is 332 cm³/mol. The fourth-order valence-electron chi connectivity index (χ4n) is 12.4. The summed E-state index contributed by atoms with van der Waals surface area (Å²) in [5.74, 6) is 0. The second kappa shape index (κ2) is 18.9. The Labute approximate surface area is 455 Å². The van der Waals surface area contributed by atoms with Gasteiger partial charge in [-0.15, -0.1) is 0 Å². The Morgan fingerprint density at radius 2 is 0.603 bits per heavy atom. The summed E-state index contributed by atoms with van der Waals surface area (Å²) in [4.78, 5) is 7.66. The van der Waals surface area contributed by atoms with Gasteiger partial charge in [-0.1, -0.05) is 243 Å². The molecule has 0 unspecified atom stereocenters. The highest BCUT2D eigenvalue weighted by atomic mass is 15.2. The van der Waals surface area contributed by atoms with Gasteiger partial charge in [0.05, 0.1) is 17.1 Å². The van der Waals surface area contributed by atoms with Gasteiger partial charge in [0, 0.05) is 44.9 Å². The number of hydrogen-bond acceptors (Lipinski definition) is 3. The van der Waals surface area contributed by atoms with Crippen LogP contribution in [0.4, 0.5) is 51.2 Å². The van der Waals surface area contributed by atoms with E-state index in [1.807, 2.05) is 0 Å². The maximum Gasteiger partial charge on any atom is 0.252 e. The van der Waals surface area contributed by atoms with Gasteiger partial charge in [0.25, 0.3) is 6.71 Å². The van der Waals surface area contributed by atoms with Crippen LogP contribution in [0.3, 0.4) is 0 Å². The van der Waals surface area contributed by atoms with Crippen molar-refractivity contribution in [2.75, 3.05) is 14.7 Å². The van der Waals surface area contributed by atoms with Gasteiger partial charge in [-0.05, 0) is 132 Å². The van der Waals surface area contributed by atoms with E-state index in [4.69, 9.17) is 0 Å². The average molecular weight is 992 g/mol. The highest BCUT2D eigenvalue weighted by molar-refractivity contribution is 7.00. The Morgan fingerprint density at radius 1 is 0.256 bits per heavy atom. The molecule has 0 amide bonds. The Balaban J connectivity index is 1.09. The maximum absolute atomic E-state index is 2.57. The van der Waals surface area contributed by atoms with Gasteiger partial charge >= 0.3 is 0 Å². The third kappa shape index (κ3) is 7.68. The van der Waals surface area contributed by atoms with Crippen molar-refractivity contribution in [2.24, 2.45) is 0 Å². The van der Waals surface area contributed by atoms with Crippen molar-refractivity contribution in [3.8, 4) is 44.5 Å². The molecule has 0 N–H and O–H groups in total. The molecule has 3 nitrogen and oxygen atoms in total. The van der Waals surface area contributed by atoms with Gasteiger partial charge < -0.3 is 14.7 Å². The number of hydrogen-bond donors (Lipinski definition) is 0. The molecular formula is C74H50BN3. The summed E-state index contributed by atoms with van der Waals surface area (Å²) in [6.45, 7) is -0.116. The van der Waals surface area contributed by atoms with E-state index < -0.39 is 0 Å². The van der Waals surface area contributed by atoms with Crippen LogP contribution in [0.2, 0.25) is 0 Å². The second-order valence-corrected chi connectivity index (χ2v) is 20.4. The Bertz CT molecular complexity index is 4120. The first-order valence-corrected chi connectivity index (χ1v) is 26.9. The first-order chi connectivity index (χ1) is 38.7. The summed E-state index contributed by atoms with van der Waals surface area (Å²) < 4.78 is 0. The molecule has 0 bridgehead atoms. The lowest BCUT2D eigenvalue weighted by atomic mass is 9.33. The molecule has 0 saturated carbocycles. The molecule has 0 radical (unpaired) electrons. The summed E-state index contributed by atoms with van der Waals surface area (Å²) in [6, 6.07) is 112. The van der Waals surface area contributed by atoms with Crippen LogP contribution in [0.15, 0.2) is 303 Å². The summed E-state index contributed by atoms with van der Waals surface area (Å²) >= 11 is 0. The highest BCUT2D eigenvalue weighted by Gasteiger charge is 2.44.